The van der Waals surface area contributed by atoms with Gasteiger partial charge >= 0.3 is 210 Å². The zero-order valence-electron chi connectivity index (χ0n) is 22.5. The molecule has 0 saturated carbocycles. The molecule has 4 rings (SSSR count). The van der Waals surface area contributed by atoms with Crippen LogP contribution < -0.4 is 24.8 Å². The summed E-state index contributed by atoms with van der Waals surface area (Å²) in [6.07, 6.45) is 5.23. The van der Waals surface area contributed by atoms with Gasteiger partial charge in [-0.15, -0.1) is 0 Å². The van der Waals surface area contributed by atoms with Gasteiger partial charge in [-0.2, -0.15) is 0 Å². The fourth-order valence-electron chi connectivity index (χ4n) is 4.86. The summed E-state index contributed by atoms with van der Waals surface area (Å²) < 4.78 is 2.41. The molecule has 0 aliphatic heterocycles. The van der Waals surface area contributed by atoms with E-state index in [9.17, 15) is 0 Å². The molecule has 1 atom stereocenters. The molecule has 0 nitrogen and oxygen atoms in total. The quantitative estimate of drug-likeness (QED) is 0.483. The Morgan fingerprint density at radius 1 is 0.735 bits per heavy atom. The maximum atomic E-state index is 2.64. The van der Waals surface area contributed by atoms with Gasteiger partial charge in [-0.25, -0.2) is 0 Å². The molecule has 0 spiro atoms. The van der Waals surface area contributed by atoms with E-state index in [0.717, 1.165) is 0 Å². The Morgan fingerprint density at radius 2 is 1.18 bits per heavy atom. The van der Waals surface area contributed by atoms with Crippen molar-refractivity contribution < 1.29 is 48.0 Å². The van der Waals surface area contributed by atoms with E-state index >= 15 is 0 Å². The van der Waals surface area contributed by atoms with E-state index in [1.165, 1.54) is 22.3 Å². The molecule has 1 unspecified atom stereocenters. The van der Waals surface area contributed by atoms with Crippen LogP contribution in [0.3, 0.4) is 0 Å². The summed E-state index contributed by atoms with van der Waals surface area (Å²) in [6.45, 7) is 24.0. The van der Waals surface area contributed by atoms with Crippen LogP contribution in [0.5, 0.6) is 0 Å². The van der Waals surface area contributed by atoms with Gasteiger partial charge in [0, 0.05) is 0 Å². The van der Waals surface area contributed by atoms with Gasteiger partial charge in [0.1, 0.15) is 0 Å². The number of rotatable bonds is 3. The Kier molecular flexibility index (Phi) is 8.91. The van der Waals surface area contributed by atoms with Crippen LogP contribution in [0.15, 0.2) is 57.0 Å². The number of allylic oxidation sites excluding steroid dienone is 4. The summed E-state index contributed by atoms with van der Waals surface area (Å²) in [5.74, 6) is 0.632. The van der Waals surface area contributed by atoms with Gasteiger partial charge in [0.25, 0.3) is 0 Å². The summed E-state index contributed by atoms with van der Waals surface area (Å²) in [7, 11) is -1.26. The van der Waals surface area contributed by atoms with E-state index in [1.807, 2.05) is 0 Å². The first kappa shape index (κ1) is 29.8. The minimum atomic E-state index is -1.26. The second-order valence-electron chi connectivity index (χ2n) is 12.9. The van der Waals surface area contributed by atoms with Crippen molar-refractivity contribution in [3.8, 4) is 11.1 Å². The van der Waals surface area contributed by atoms with Crippen molar-refractivity contribution in [3.05, 3.63) is 79.3 Å². The molecule has 2 aliphatic carbocycles. The molecule has 0 fully saturated rings. The van der Waals surface area contributed by atoms with Crippen LogP contribution in [0, 0.1) is 5.92 Å². The molecular formula is C30H40Cl2SiZr. The molecule has 0 saturated heterocycles. The van der Waals surface area contributed by atoms with E-state index in [2.05, 4.69) is 117 Å². The van der Waals surface area contributed by atoms with Crippen molar-refractivity contribution in [2.24, 2.45) is 5.92 Å². The van der Waals surface area contributed by atoms with Crippen molar-refractivity contribution in [2.45, 2.75) is 82.6 Å². The monoisotopic (exact) mass is 588 g/mol. The second kappa shape index (κ2) is 10.2. The minimum absolute atomic E-state index is 0. The third kappa shape index (κ3) is 5.77. The summed E-state index contributed by atoms with van der Waals surface area (Å²) in [5.41, 5.74) is 9.51. The largest absolute Gasteiger partial charge is 1.00 e. The SMILES string of the molecule is CC1C=C([Si](C)(C)C)C=[C]1[Zr+2][CH]1c2cc(C(C)(C)C)ccc2-c2ccc(C(C)(C)C)cc21.[Cl-].[Cl-]. The van der Waals surface area contributed by atoms with Crippen molar-refractivity contribution in [2.75, 3.05) is 0 Å². The summed E-state index contributed by atoms with van der Waals surface area (Å²) >= 11 is -0.839. The molecule has 4 heteroatoms. The predicted octanol–water partition coefficient (Wildman–Crippen LogP) is 2.78. The van der Waals surface area contributed by atoms with E-state index in [4.69, 9.17) is 0 Å². The first-order valence-corrected chi connectivity index (χ1v) is 18.3. The molecule has 0 radical (unpaired) electrons. The Labute approximate surface area is 233 Å². The van der Waals surface area contributed by atoms with Crippen molar-refractivity contribution in [1.29, 1.82) is 0 Å². The molecule has 0 heterocycles. The van der Waals surface area contributed by atoms with Gasteiger partial charge in [-0.1, -0.05) is 0 Å². The smallest absolute Gasteiger partial charge is 1.00 e. The third-order valence-corrected chi connectivity index (χ3v) is 13.7. The number of hydrogen-bond donors (Lipinski definition) is 0. The average molecular weight is 591 g/mol. The van der Waals surface area contributed by atoms with Crippen LogP contribution in [-0.2, 0) is 34.1 Å². The zero-order chi connectivity index (χ0) is 23.6. The predicted molar refractivity (Wildman–Crippen MR) is 140 cm³/mol. The van der Waals surface area contributed by atoms with Crippen LogP contribution in [0.1, 0.15) is 74.3 Å². The van der Waals surface area contributed by atoms with E-state index < -0.39 is 31.3 Å². The molecule has 182 valence electrons. The van der Waals surface area contributed by atoms with E-state index in [1.54, 1.807) is 19.6 Å². The van der Waals surface area contributed by atoms with Gasteiger partial charge in [-0.3, -0.25) is 0 Å². The summed E-state index contributed by atoms with van der Waals surface area (Å²) in [6, 6.07) is 14.7. The molecular weight excluding hydrogens is 551 g/mol. The number of hydrogen-bond acceptors (Lipinski definition) is 0. The Balaban J connectivity index is 0.00000204. The van der Waals surface area contributed by atoms with Crippen molar-refractivity contribution in [1.82, 2.24) is 0 Å². The van der Waals surface area contributed by atoms with Gasteiger partial charge < -0.3 is 24.8 Å². The Bertz CT molecular complexity index is 1060. The average Bonchev–Trinajstić information content (AvgIpc) is 3.18. The van der Waals surface area contributed by atoms with Gasteiger partial charge in [0.2, 0.25) is 0 Å². The number of halogens is 2. The molecule has 34 heavy (non-hydrogen) atoms. The van der Waals surface area contributed by atoms with Crippen LogP contribution in [0.2, 0.25) is 19.6 Å². The van der Waals surface area contributed by atoms with Crippen LogP contribution in [0.25, 0.3) is 11.1 Å². The van der Waals surface area contributed by atoms with Gasteiger partial charge in [-0.05, 0) is 0 Å². The minimum Gasteiger partial charge on any atom is -1.00 e. The van der Waals surface area contributed by atoms with E-state index in [0.29, 0.717) is 9.54 Å². The van der Waals surface area contributed by atoms with Gasteiger partial charge in [0.15, 0.2) is 0 Å². The van der Waals surface area contributed by atoms with Crippen molar-refractivity contribution >= 4 is 8.07 Å². The normalized spacial score (nSPS) is 17.6. The maximum absolute atomic E-state index is 2.64. The molecule has 2 aliphatic rings. The molecule has 0 bridgehead atoms. The summed E-state index contributed by atoms with van der Waals surface area (Å²) in [5, 5.41) is 1.67. The number of benzene rings is 2. The number of fused-ring (bicyclic) bond motifs is 3. The first-order valence-electron chi connectivity index (χ1n) is 12.2. The topological polar surface area (TPSA) is 0 Å². The maximum Gasteiger partial charge on any atom is -1.00 e. The Hall–Kier alpha value is -0.400. The molecule has 2 aromatic carbocycles. The zero-order valence-corrected chi connectivity index (χ0v) is 27.5. The Morgan fingerprint density at radius 3 is 1.53 bits per heavy atom. The third-order valence-electron chi connectivity index (χ3n) is 7.16. The standard InChI is InChI=1S/C21H25.C9H15Si.2ClH.Zr/c1-20(2,3)16-7-9-18-14(12-16)11-15-13-17(21(4,5)6)8-10-19(15)18;1-8-5-6-9(7-8)10(2,3)4;;;/h7-13H,1-6H3;6-8H,1-4H3;2*1H;/q;;;;+2/p-2. The van der Waals surface area contributed by atoms with Crippen LogP contribution in [0.4, 0.5) is 0 Å². The van der Waals surface area contributed by atoms with E-state index in [-0.39, 0.29) is 35.6 Å². The van der Waals surface area contributed by atoms with Crippen LogP contribution >= 0.6 is 0 Å². The summed E-state index contributed by atoms with van der Waals surface area (Å²) in [4.78, 5) is 0. The fourth-order valence-corrected chi connectivity index (χ4v) is 10.8. The molecule has 0 amide bonds. The van der Waals surface area contributed by atoms with Crippen molar-refractivity contribution in [3.63, 3.8) is 0 Å². The second-order valence-corrected chi connectivity index (χ2v) is 21.6. The molecule has 0 N–H and O–H groups in total. The molecule has 2 aromatic rings. The fraction of sp³-hybridized carbons (Fsp3) is 0.467. The van der Waals surface area contributed by atoms with Gasteiger partial charge in [0.05, 0.1) is 0 Å². The van der Waals surface area contributed by atoms with Crippen LogP contribution in [-0.4, -0.2) is 8.07 Å². The molecule has 0 aromatic heterocycles. The first-order chi connectivity index (χ1) is 14.7.